The van der Waals surface area contributed by atoms with Crippen molar-refractivity contribution >= 4 is 114 Å². The Kier molecular flexibility index (Phi) is 17.3. The number of furan rings is 3. The van der Waals surface area contributed by atoms with E-state index in [0.29, 0.717) is 32.1 Å². The molecular weight excluding hydrogens is 1290 g/mol. The molecular formula is C90H66B2Cl2O7. The second kappa shape index (κ2) is 26.9. The normalized spacial score (nSPS) is 13.2. The maximum atomic E-state index is 9.81. The summed E-state index contributed by atoms with van der Waals surface area (Å²) < 4.78 is 32.9. The lowest BCUT2D eigenvalue weighted by atomic mass is 9.75. The molecule has 4 heterocycles. The largest absolute Gasteiger partial charge is 0.495 e. The highest BCUT2D eigenvalue weighted by Gasteiger charge is 2.52. The van der Waals surface area contributed by atoms with E-state index in [1.807, 2.05) is 109 Å². The number of hydrogen-bond acceptors (Lipinski definition) is 7. The maximum Gasteiger partial charge on any atom is 0.495 e. The highest BCUT2D eigenvalue weighted by Crippen LogP contribution is 2.48. The van der Waals surface area contributed by atoms with Crippen LogP contribution in [0.2, 0.25) is 10.0 Å². The molecule has 3 aromatic heterocycles. The van der Waals surface area contributed by atoms with Crippen LogP contribution in [0.15, 0.2) is 329 Å². The van der Waals surface area contributed by atoms with Crippen LogP contribution < -0.4 is 10.9 Å². The third-order valence-corrected chi connectivity index (χ3v) is 20.3. The van der Waals surface area contributed by atoms with E-state index in [2.05, 4.69) is 222 Å². The lowest BCUT2D eigenvalue weighted by molar-refractivity contribution is 0.00578. The van der Waals surface area contributed by atoms with Gasteiger partial charge in [-0.15, -0.1) is 0 Å². The summed E-state index contributed by atoms with van der Waals surface area (Å²) in [7, 11) is -2.16. The standard InChI is InChI=1S/C36H31BO3.C30H19ClO.C24H16BClO3/c1-35(2)36(3,4)40-37(39-35)31-21-20-28(25-16-10-6-11-17-25)34-32(31)30-23-27(24-14-8-5-9-15-24)22-29(33(30)38-34)26-18-12-7-13-19-26;31-27-17-16-24(21-12-6-2-7-13-21)30-28(27)26-19-23(20-10-4-1-5-11-20)18-25(29(26)32-30)22-14-8-3-9-15-22;26-21-12-11-20(25(27)28)24-22(21)19-14-17(15-7-3-1-4-8-15)13-18(23(19)29-24)16-9-5-2-6-10-16/h5-23H,1-4H3;1-19H;1-14,27-28H. The Hall–Kier alpha value is -11.0. The quantitative estimate of drug-likeness (QED) is 0.132. The fourth-order valence-corrected chi connectivity index (χ4v) is 14.4. The molecule has 14 aromatic carbocycles. The summed E-state index contributed by atoms with van der Waals surface area (Å²) in [6.45, 7) is 8.38. The van der Waals surface area contributed by atoms with Gasteiger partial charge >= 0.3 is 14.2 Å². The van der Waals surface area contributed by atoms with E-state index in [0.717, 1.165) is 144 Å². The molecule has 0 saturated carbocycles. The maximum absolute atomic E-state index is 9.81. The second-order valence-electron chi connectivity index (χ2n) is 26.4. The van der Waals surface area contributed by atoms with Crippen LogP contribution in [-0.4, -0.2) is 35.5 Å². The molecule has 1 aliphatic heterocycles. The fraction of sp³-hybridized carbons (Fsp3) is 0.0667. The number of rotatable bonds is 10. The lowest BCUT2D eigenvalue weighted by Crippen LogP contribution is -2.41. The highest BCUT2D eigenvalue weighted by atomic mass is 35.5. The Labute approximate surface area is 596 Å². The van der Waals surface area contributed by atoms with Gasteiger partial charge in [0, 0.05) is 65.6 Å². The van der Waals surface area contributed by atoms with Gasteiger partial charge < -0.3 is 32.6 Å². The van der Waals surface area contributed by atoms with Crippen molar-refractivity contribution in [1.29, 1.82) is 0 Å². The Balaban J connectivity index is 0.000000119. The molecule has 11 heteroatoms. The van der Waals surface area contributed by atoms with Crippen LogP contribution in [0.3, 0.4) is 0 Å². The van der Waals surface area contributed by atoms with Gasteiger partial charge in [0.05, 0.1) is 21.2 Å². The second-order valence-corrected chi connectivity index (χ2v) is 27.3. The molecule has 0 bridgehead atoms. The van der Waals surface area contributed by atoms with Crippen molar-refractivity contribution in [1.82, 2.24) is 0 Å². The molecule has 0 radical (unpaired) electrons. The SMILES string of the molecule is CC1(C)OB(c2ccc(-c3ccccc3)c3oc4c(-c5ccccc5)cc(-c5ccccc5)cc4c23)OC1(C)C.Clc1ccc(-c2ccccc2)c2oc3c(-c4ccccc4)cc(-c4ccccc4)cc3c12.OB(O)c1ccc(Cl)c2c1oc1c(-c3ccccc3)cc(-c3ccccc3)cc12. The summed E-state index contributed by atoms with van der Waals surface area (Å²) in [6.07, 6.45) is 0. The molecule has 7 nitrogen and oxygen atoms in total. The lowest BCUT2D eigenvalue weighted by Gasteiger charge is -2.32. The first kappa shape index (κ1) is 64.7. The van der Waals surface area contributed by atoms with Crippen LogP contribution in [0.4, 0.5) is 0 Å². The third kappa shape index (κ3) is 12.2. The van der Waals surface area contributed by atoms with Crippen LogP contribution in [0, 0.1) is 0 Å². The van der Waals surface area contributed by atoms with Crippen molar-refractivity contribution in [2.75, 3.05) is 0 Å². The van der Waals surface area contributed by atoms with E-state index in [4.69, 9.17) is 45.8 Å². The minimum atomic E-state index is -1.65. The first-order chi connectivity index (χ1) is 49.2. The zero-order chi connectivity index (χ0) is 68.9. The van der Waals surface area contributed by atoms with E-state index in [1.54, 1.807) is 12.1 Å². The number of halogens is 2. The van der Waals surface area contributed by atoms with Gasteiger partial charge in [-0.2, -0.15) is 0 Å². The third-order valence-electron chi connectivity index (χ3n) is 19.7. The van der Waals surface area contributed by atoms with E-state index in [-0.39, 0.29) is 0 Å². The molecule has 488 valence electrons. The number of hydrogen-bond donors (Lipinski definition) is 2. The monoisotopic (exact) mass is 1350 g/mol. The van der Waals surface area contributed by atoms with E-state index in [1.165, 1.54) is 0 Å². The molecule has 2 N–H and O–H groups in total. The van der Waals surface area contributed by atoms with Gasteiger partial charge in [0.2, 0.25) is 0 Å². The minimum Gasteiger partial charge on any atom is -0.456 e. The van der Waals surface area contributed by atoms with E-state index < -0.39 is 25.4 Å². The average Bonchev–Trinajstić information content (AvgIpc) is 1.60. The smallest absolute Gasteiger partial charge is 0.456 e. The van der Waals surface area contributed by atoms with Gasteiger partial charge in [-0.1, -0.05) is 284 Å². The van der Waals surface area contributed by atoms with Crippen LogP contribution in [-0.2, 0) is 9.31 Å². The van der Waals surface area contributed by atoms with Gasteiger partial charge in [0.1, 0.15) is 33.5 Å². The summed E-state index contributed by atoms with van der Waals surface area (Å²) in [6, 6.07) is 107. The predicted octanol–water partition coefficient (Wildman–Crippen LogP) is 23.4. The molecule has 1 aliphatic rings. The molecule has 101 heavy (non-hydrogen) atoms. The van der Waals surface area contributed by atoms with Crippen molar-refractivity contribution in [3.05, 3.63) is 325 Å². The molecule has 18 rings (SSSR count). The van der Waals surface area contributed by atoms with Crippen LogP contribution >= 0.6 is 23.2 Å². The molecule has 1 fully saturated rings. The van der Waals surface area contributed by atoms with Crippen molar-refractivity contribution in [3.63, 3.8) is 0 Å². The van der Waals surface area contributed by atoms with Crippen LogP contribution in [0.1, 0.15) is 27.7 Å². The van der Waals surface area contributed by atoms with Gasteiger partial charge in [0.25, 0.3) is 0 Å². The molecule has 0 amide bonds. The van der Waals surface area contributed by atoms with Gasteiger partial charge in [-0.25, -0.2) is 0 Å². The zero-order valence-corrected chi connectivity index (χ0v) is 57.4. The number of benzene rings is 14. The van der Waals surface area contributed by atoms with Crippen molar-refractivity contribution < 1.29 is 32.6 Å². The van der Waals surface area contributed by atoms with E-state index in [9.17, 15) is 10.0 Å². The Morgan fingerprint density at radius 2 is 0.554 bits per heavy atom. The summed E-state index contributed by atoms with van der Waals surface area (Å²) in [5.41, 5.74) is 22.1. The molecule has 1 saturated heterocycles. The molecule has 0 atom stereocenters. The van der Waals surface area contributed by atoms with Crippen molar-refractivity contribution in [2.24, 2.45) is 0 Å². The Morgan fingerprint density at radius 3 is 0.901 bits per heavy atom. The molecule has 0 unspecified atom stereocenters. The van der Waals surface area contributed by atoms with Crippen molar-refractivity contribution in [2.45, 2.75) is 38.9 Å². The van der Waals surface area contributed by atoms with Crippen LogP contribution in [0.25, 0.3) is 155 Å². The predicted molar refractivity (Wildman–Crippen MR) is 420 cm³/mol. The summed E-state index contributed by atoms with van der Waals surface area (Å²) >= 11 is 13.3. The van der Waals surface area contributed by atoms with Gasteiger partial charge in [-0.3, -0.25) is 0 Å². The Morgan fingerprint density at radius 1 is 0.277 bits per heavy atom. The van der Waals surface area contributed by atoms with E-state index >= 15 is 0 Å². The summed E-state index contributed by atoms with van der Waals surface area (Å²) in [5, 5.41) is 26.4. The minimum absolute atomic E-state index is 0.292. The molecule has 0 spiro atoms. The first-order valence-electron chi connectivity index (χ1n) is 33.8. The van der Waals surface area contributed by atoms with Crippen molar-refractivity contribution in [3.8, 4) is 89.0 Å². The summed E-state index contributed by atoms with van der Waals surface area (Å²) in [5.74, 6) is 0. The van der Waals surface area contributed by atoms with Crippen LogP contribution in [0.5, 0.6) is 0 Å². The number of fused-ring (bicyclic) bond motifs is 9. The highest BCUT2D eigenvalue weighted by molar-refractivity contribution is 6.66. The first-order valence-corrected chi connectivity index (χ1v) is 34.6. The Bertz CT molecular complexity index is 5850. The zero-order valence-electron chi connectivity index (χ0n) is 55.9. The van der Waals surface area contributed by atoms with Gasteiger partial charge in [-0.05, 0) is 149 Å². The average molecular weight is 1350 g/mol. The molecule has 17 aromatic rings. The fourth-order valence-electron chi connectivity index (χ4n) is 13.9. The summed E-state index contributed by atoms with van der Waals surface area (Å²) in [4.78, 5) is 0. The topological polar surface area (TPSA) is 98.3 Å². The molecule has 0 aliphatic carbocycles. The van der Waals surface area contributed by atoms with Gasteiger partial charge in [0.15, 0.2) is 0 Å².